The molecule has 2 aliphatic heterocycles. The van der Waals surface area contributed by atoms with E-state index in [1.165, 1.54) is 38.8 Å². The fraction of sp³-hybridized carbons (Fsp3) is 0.941. The molecule has 4 nitrogen and oxygen atoms in total. The molecule has 0 bridgehead atoms. The number of piperidine rings is 1. The highest BCUT2D eigenvalue weighted by Crippen LogP contribution is 2.17. The summed E-state index contributed by atoms with van der Waals surface area (Å²) in [6.45, 7) is 10.1. The van der Waals surface area contributed by atoms with Gasteiger partial charge >= 0.3 is 0 Å². The van der Waals surface area contributed by atoms with Crippen molar-refractivity contribution in [3.8, 4) is 0 Å². The quantitative estimate of drug-likeness (QED) is 0.755. The van der Waals surface area contributed by atoms with E-state index in [0.717, 1.165) is 38.4 Å². The Morgan fingerprint density at radius 3 is 2.90 bits per heavy atom. The summed E-state index contributed by atoms with van der Waals surface area (Å²) in [6, 6.07) is 0.0655. The van der Waals surface area contributed by atoms with Crippen LogP contribution in [0, 0.1) is 11.8 Å². The Balaban J connectivity index is 1.62. The van der Waals surface area contributed by atoms with Gasteiger partial charge in [0.15, 0.2) is 0 Å². The topological polar surface area (TPSA) is 44.4 Å². The summed E-state index contributed by atoms with van der Waals surface area (Å²) in [7, 11) is 0. The Bertz CT molecular complexity index is 313. The molecule has 2 heterocycles. The number of carbonyl (C=O) groups is 1. The molecule has 0 aliphatic carbocycles. The molecule has 0 radical (unpaired) electrons. The minimum absolute atomic E-state index is 0.0655. The molecule has 1 amide bonds. The molecule has 2 fully saturated rings. The zero-order valence-corrected chi connectivity index (χ0v) is 13.9. The van der Waals surface area contributed by atoms with Gasteiger partial charge in [-0.25, -0.2) is 0 Å². The van der Waals surface area contributed by atoms with Crippen molar-refractivity contribution in [3.63, 3.8) is 0 Å². The predicted molar refractivity (Wildman–Crippen MR) is 87.3 cm³/mol. The van der Waals surface area contributed by atoms with Crippen LogP contribution in [-0.4, -0.2) is 49.6 Å². The van der Waals surface area contributed by atoms with E-state index in [2.05, 4.69) is 29.4 Å². The molecule has 21 heavy (non-hydrogen) atoms. The van der Waals surface area contributed by atoms with E-state index in [-0.39, 0.29) is 11.9 Å². The van der Waals surface area contributed by atoms with Gasteiger partial charge in [0.05, 0.1) is 6.04 Å². The van der Waals surface area contributed by atoms with Crippen molar-refractivity contribution in [1.29, 1.82) is 0 Å². The lowest BCUT2D eigenvalue weighted by Gasteiger charge is -2.33. The van der Waals surface area contributed by atoms with E-state index in [9.17, 15) is 4.79 Å². The molecule has 2 unspecified atom stereocenters. The van der Waals surface area contributed by atoms with Crippen LogP contribution in [0.2, 0.25) is 0 Å². The van der Waals surface area contributed by atoms with Crippen molar-refractivity contribution < 1.29 is 4.79 Å². The highest BCUT2D eigenvalue weighted by molar-refractivity contribution is 5.81. The predicted octanol–water partition coefficient (Wildman–Crippen LogP) is 2.00. The maximum Gasteiger partial charge on any atom is 0.237 e. The van der Waals surface area contributed by atoms with E-state index in [1.54, 1.807) is 0 Å². The third-order valence-corrected chi connectivity index (χ3v) is 4.80. The third kappa shape index (κ3) is 5.95. The molecule has 2 aliphatic rings. The minimum atomic E-state index is 0.0655. The molecule has 0 aromatic carbocycles. The van der Waals surface area contributed by atoms with E-state index in [4.69, 9.17) is 0 Å². The lowest BCUT2D eigenvalue weighted by molar-refractivity contribution is -0.123. The number of likely N-dealkylation sites (tertiary alicyclic amines) is 1. The lowest BCUT2D eigenvalue weighted by Crippen LogP contribution is -2.45. The molecule has 2 N–H and O–H groups in total. The summed E-state index contributed by atoms with van der Waals surface area (Å²) >= 11 is 0. The monoisotopic (exact) mass is 295 g/mol. The van der Waals surface area contributed by atoms with Crippen LogP contribution < -0.4 is 10.6 Å². The van der Waals surface area contributed by atoms with Crippen LogP contribution in [0.4, 0.5) is 0 Å². The normalized spacial score (nSPS) is 27.2. The number of hydrogen-bond donors (Lipinski definition) is 2. The molecule has 2 atom stereocenters. The molecule has 0 aromatic heterocycles. The Morgan fingerprint density at radius 1 is 1.33 bits per heavy atom. The maximum absolute atomic E-state index is 12.0. The second-order valence-corrected chi connectivity index (χ2v) is 7.24. The zero-order chi connectivity index (χ0) is 15.1. The number of hydrogen-bond acceptors (Lipinski definition) is 3. The number of nitrogens with zero attached hydrogens (tertiary/aromatic N) is 1. The van der Waals surface area contributed by atoms with Crippen LogP contribution in [-0.2, 0) is 4.79 Å². The van der Waals surface area contributed by atoms with Crippen molar-refractivity contribution in [3.05, 3.63) is 0 Å². The van der Waals surface area contributed by atoms with Crippen LogP contribution in [0.15, 0.2) is 0 Å². The van der Waals surface area contributed by atoms with Crippen molar-refractivity contribution in [2.75, 3.05) is 32.7 Å². The Hall–Kier alpha value is -0.610. The average Bonchev–Trinajstić information content (AvgIpc) is 2.99. The summed E-state index contributed by atoms with van der Waals surface area (Å²) in [5.74, 6) is 1.66. The smallest absolute Gasteiger partial charge is 0.237 e. The summed E-state index contributed by atoms with van der Waals surface area (Å²) in [6.07, 6.45) is 7.31. The highest BCUT2D eigenvalue weighted by atomic mass is 16.2. The SMILES string of the molecule is CC(C)CCCN1CCCC(CNC(=O)C2CCCN2)C1. The molecule has 2 saturated heterocycles. The minimum Gasteiger partial charge on any atom is -0.354 e. The number of carbonyl (C=O) groups excluding carboxylic acids is 1. The molecule has 0 spiro atoms. The van der Waals surface area contributed by atoms with Gasteiger partial charge in [0.1, 0.15) is 0 Å². The molecule has 122 valence electrons. The first kappa shape index (κ1) is 16.8. The Kier molecular flexibility index (Phi) is 6.97. The van der Waals surface area contributed by atoms with Crippen molar-refractivity contribution in [1.82, 2.24) is 15.5 Å². The second-order valence-electron chi connectivity index (χ2n) is 7.24. The van der Waals surface area contributed by atoms with Gasteiger partial charge in [-0.3, -0.25) is 4.79 Å². The molecular weight excluding hydrogens is 262 g/mol. The highest BCUT2D eigenvalue weighted by Gasteiger charge is 2.24. The number of amides is 1. The van der Waals surface area contributed by atoms with Gasteiger partial charge in [-0.05, 0) is 70.0 Å². The Labute approximate surface area is 130 Å². The fourth-order valence-corrected chi connectivity index (χ4v) is 3.52. The van der Waals surface area contributed by atoms with Gasteiger partial charge in [-0.2, -0.15) is 0 Å². The first-order chi connectivity index (χ1) is 10.1. The van der Waals surface area contributed by atoms with Crippen LogP contribution in [0.5, 0.6) is 0 Å². The first-order valence-electron chi connectivity index (χ1n) is 8.88. The maximum atomic E-state index is 12.0. The van der Waals surface area contributed by atoms with Gasteiger partial charge in [-0.1, -0.05) is 13.8 Å². The fourth-order valence-electron chi connectivity index (χ4n) is 3.52. The van der Waals surface area contributed by atoms with E-state index in [0.29, 0.717) is 5.92 Å². The molecule has 4 heteroatoms. The van der Waals surface area contributed by atoms with Crippen LogP contribution >= 0.6 is 0 Å². The Morgan fingerprint density at radius 2 is 2.19 bits per heavy atom. The molecule has 2 rings (SSSR count). The van der Waals surface area contributed by atoms with Gasteiger partial charge < -0.3 is 15.5 Å². The van der Waals surface area contributed by atoms with E-state index >= 15 is 0 Å². The number of nitrogens with one attached hydrogen (secondary N) is 2. The van der Waals surface area contributed by atoms with Crippen LogP contribution in [0.3, 0.4) is 0 Å². The lowest BCUT2D eigenvalue weighted by atomic mass is 9.97. The first-order valence-corrected chi connectivity index (χ1v) is 8.88. The third-order valence-electron chi connectivity index (χ3n) is 4.80. The zero-order valence-electron chi connectivity index (χ0n) is 13.9. The molecule has 0 aromatic rings. The van der Waals surface area contributed by atoms with Gasteiger partial charge in [0.2, 0.25) is 5.91 Å². The standard InChI is InChI=1S/C17H33N3O/c1-14(2)6-4-10-20-11-5-7-15(13-20)12-19-17(21)16-8-3-9-18-16/h14-16,18H,3-13H2,1-2H3,(H,19,21). The second kappa shape index (κ2) is 8.74. The largest absolute Gasteiger partial charge is 0.354 e. The van der Waals surface area contributed by atoms with E-state index in [1.807, 2.05) is 0 Å². The number of rotatable bonds is 7. The summed E-state index contributed by atoms with van der Waals surface area (Å²) in [5.41, 5.74) is 0. The molecule has 0 saturated carbocycles. The van der Waals surface area contributed by atoms with Gasteiger partial charge in [0.25, 0.3) is 0 Å². The molecular formula is C17H33N3O. The van der Waals surface area contributed by atoms with Gasteiger partial charge in [-0.15, -0.1) is 0 Å². The summed E-state index contributed by atoms with van der Waals surface area (Å²) < 4.78 is 0. The van der Waals surface area contributed by atoms with Crippen LogP contribution in [0.1, 0.15) is 52.4 Å². The van der Waals surface area contributed by atoms with Crippen LogP contribution in [0.25, 0.3) is 0 Å². The summed E-state index contributed by atoms with van der Waals surface area (Å²) in [4.78, 5) is 14.6. The van der Waals surface area contributed by atoms with Crippen molar-refractivity contribution in [2.45, 2.75) is 58.4 Å². The van der Waals surface area contributed by atoms with Crippen molar-refractivity contribution in [2.24, 2.45) is 11.8 Å². The van der Waals surface area contributed by atoms with Gasteiger partial charge in [0, 0.05) is 13.1 Å². The summed E-state index contributed by atoms with van der Waals surface area (Å²) in [5, 5.41) is 6.43. The van der Waals surface area contributed by atoms with E-state index < -0.39 is 0 Å². The van der Waals surface area contributed by atoms with Crippen molar-refractivity contribution >= 4 is 5.91 Å². The average molecular weight is 295 g/mol.